The third-order valence-electron chi connectivity index (χ3n) is 3.48. The van der Waals surface area contributed by atoms with Crippen LogP contribution in [0.5, 0.6) is 0 Å². The first-order valence-corrected chi connectivity index (χ1v) is 8.23. The van der Waals surface area contributed by atoms with Gasteiger partial charge in [-0.3, -0.25) is 0 Å². The normalized spacial score (nSPS) is 13.2. The van der Waals surface area contributed by atoms with Gasteiger partial charge in [0.1, 0.15) is 5.82 Å². The van der Waals surface area contributed by atoms with Crippen LogP contribution in [0.1, 0.15) is 18.1 Å². The number of hydrogen-bond acceptors (Lipinski definition) is 3. The Morgan fingerprint density at radius 1 is 1.43 bits per heavy atom. The van der Waals surface area contributed by atoms with Crippen molar-refractivity contribution in [3.63, 3.8) is 0 Å². The van der Waals surface area contributed by atoms with Gasteiger partial charge in [-0.2, -0.15) is 0 Å². The Kier molecular flexibility index (Phi) is 6.05. The molecule has 0 saturated carbocycles. The molecular formula is C15H21BrClN3O. The first-order chi connectivity index (χ1) is 10.0. The van der Waals surface area contributed by atoms with Crippen molar-refractivity contribution in [2.24, 2.45) is 0 Å². The first-order valence-electron chi connectivity index (χ1n) is 7.00. The molecule has 0 aliphatic heterocycles. The van der Waals surface area contributed by atoms with Gasteiger partial charge in [0.05, 0.1) is 23.0 Å². The quantitative estimate of drug-likeness (QED) is 0.693. The monoisotopic (exact) mass is 373 g/mol. The van der Waals surface area contributed by atoms with Crippen molar-refractivity contribution in [1.29, 1.82) is 0 Å². The minimum absolute atomic E-state index is 0.111. The molecule has 1 heterocycles. The van der Waals surface area contributed by atoms with Crippen LogP contribution < -0.4 is 0 Å². The van der Waals surface area contributed by atoms with Crippen molar-refractivity contribution in [2.45, 2.75) is 18.8 Å². The molecule has 2 aromatic rings. The summed E-state index contributed by atoms with van der Waals surface area (Å²) in [6.45, 7) is 5.42. The van der Waals surface area contributed by atoms with Crippen molar-refractivity contribution >= 4 is 38.6 Å². The predicted molar refractivity (Wildman–Crippen MR) is 91.1 cm³/mol. The molecule has 2 rings (SSSR count). The van der Waals surface area contributed by atoms with E-state index in [1.807, 2.05) is 19.1 Å². The highest BCUT2D eigenvalue weighted by Crippen LogP contribution is 2.26. The largest absolute Gasteiger partial charge is 0.383 e. The van der Waals surface area contributed by atoms with Gasteiger partial charge in [-0.05, 0) is 32.2 Å². The van der Waals surface area contributed by atoms with E-state index in [0.717, 1.165) is 47.6 Å². The molecule has 4 nitrogen and oxygen atoms in total. The molecule has 0 fully saturated rings. The number of fused-ring (bicyclic) bond motifs is 1. The Hall–Kier alpha value is -0.620. The highest BCUT2D eigenvalue weighted by Gasteiger charge is 2.15. The number of imidazole rings is 1. The maximum absolute atomic E-state index is 6.29. The van der Waals surface area contributed by atoms with Gasteiger partial charge in [-0.15, -0.1) is 11.6 Å². The smallest absolute Gasteiger partial charge is 0.127 e. The fourth-order valence-corrected chi connectivity index (χ4v) is 2.81. The fraction of sp³-hybridized carbons (Fsp3) is 0.533. The zero-order valence-electron chi connectivity index (χ0n) is 12.6. The summed E-state index contributed by atoms with van der Waals surface area (Å²) in [7, 11) is 3.82. The van der Waals surface area contributed by atoms with Crippen molar-refractivity contribution in [3.05, 3.63) is 28.5 Å². The SMILES string of the molecule is COCCN(C)CCn1c(C(C)Cl)nc2cc(Br)ccc21. The van der Waals surface area contributed by atoms with Crippen LogP contribution in [-0.2, 0) is 11.3 Å². The molecule has 0 aliphatic rings. The summed E-state index contributed by atoms with van der Waals surface area (Å²) in [5.41, 5.74) is 2.10. The lowest BCUT2D eigenvalue weighted by molar-refractivity contribution is 0.159. The van der Waals surface area contributed by atoms with Crippen LogP contribution in [0.3, 0.4) is 0 Å². The molecule has 0 spiro atoms. The molecule has 6 heteroatoms. The van der Waals surface area contributed by atoms with Crippen LogP contribution in [0.15, 0.2) is 22.7 Å². The number of rotatable bonds is 7. The molecule has 0 N–H and O–H groups in total. The van der Waals surface area contributed by atoms with E-state index >= 15 is 0 Å². The lowest BCUT2D eigenvalue weighted by Crippen LogP contribution is -2.27. The Morgan fingerprint density at radius 3 is 2.86 bits per heavy atom. The highest BCUT2D eigenvalue weighted by atomic mass is 79.9. The summed E-state index contributed by atoms with van der Waals surface area (Å²) in [6.07, 6.45) is 0. The van der Waals surface area contributed by atoms with Gasteiger partial charge >= 0.3 is 0 Å². The zero-order chi connectivity index (χ0) is 15.4. The molecule has 21 heavy (non-hydrogen) atoms. The van der Waals surface area contributed by atoms with E-state index in [9.17, 15) is 0 Å². The molecule has 0 bridgehead atoms. The van der Waals surface area contributed by atoms with Crippen LogP contribution in [0.4, 0.5) is 0 Å². The maximum atomic E-state index is 6.29. The number of nitrogens with zero attached hydrogens (tertiary/aromatic N) is 3. The molecule has 0 aliphatic carbocycles. The Labute approximate surface area is 139 Å². The number of likely N-dealkylation sites (N-methyl/N-ethyl adjacent to an activating group) is 1. The second kappa shape index (κ2) is 7.58. The number of alkyl halides is 1. The molecular weight excluding hydrogens is 354 g/mol. The topological polar surface area (TPSA) is 30.3 Å². The van der Waals surface area contributed by atoms with Crippen molar-refractivity contribution in [1.82, 2.24) is 14.5 Å². The molecule has 1 atom stereocenters. The summed E-state index contributed by atoms with van der Waals surface area (Å²) in [5.74, 6) is 0.921. The highest BCUT2D eigenvalue weighted by molar-refractivity contribution is 9.10. The van der Waals surface area contributed by atoms with Gasteiger partial charge in [-0.25, -0.2) is 4.98 Å². The minimum atomic E-state index is -0.111. The van der Waals surface area contributed by atoms with Crippen LogP contribution in [0.25, 0.3) is 11.0 Å². The molecule has 1 unspecified atom stereocenters. The van der Waals surface area contributed by atoms with Crippen LogP contribution >= 0.6 is 27.5 Å². The van der Waals surface area contributed by atoms with E-state index in [1.165, 1.54) is 0 Å². The Bertz CT molecular complexity index is 600. The van der Waals surface area contributed by atoms with E-state index in [4.69, 9.17) is 16.3 Å². The van der Waals surface area contributed by atoms with E-state index in [0.29, 0.717) is 0 Å². The average Bonchev–Trinajstić information content (AvgIpc) is 2.80. The molecule has 0 saturated heterocycles. The lowest BCUT2D eigenvalue weighted by atomic mass is 10.3. The number of ether oxygens (including phenoxy) is 1. The number of halogens is 2. The Balaban J connectivity index is 2.22. The van der Waals surface area contributed by atoms with E-state index in [1.54, 1.807) is 7.11 Å². The minimum Gasteiger partial charge on any atom is -0.383 e. The molecule has 1 aromatic heterocycles. The van der Waals surface area contributed by atoms with Crippen LogP contribution in [0, 0.1) is 0 Å². The van der Waals surface area contributed by atoms with Gasteiger partial charge in [0.2, 0.25) is 0 Å². The van der Waals surface area contributed by atoms with Crippen molar-refractivity contribution < 1.29 is 4.74 Å². The summed E-state index contributed by atoms with van der Waals surface area (Å²) < 4.78 is 8.35. The number of aromatic nitrogens is 2. The van der Waals surface area contributed by atoms with Gasteiger partial charge in [-0.1, -0.05) is 15.9 Å². The number of hydrogen-bond donors (Lipinski definition) is 0. The molecule has 1 aromatic carbocycles. The number of benzene rings is 1. The summed E-state index contributed by atoms with van der Waals surface area (Å²) in [5, 5.41) is -0.111. The predicted octanol–water partition coefficient (Wildman–Crippen LogP) is 3.68. The second-order valence-electron chi connectivity index (χ2n) is 5.17. The van der Waals surface area contributed by atoms with E-state index in [-0.39, 0.29) is 5.38 Å². The first kappa shape index (κ1) is 16.7. The summed E-state index contributed by atoms with van der Waals surface area (Å²) in [4.78, 5) is 6.92. The van der Waals surface area contributed by atoms with Crippen molar-refractivity contribution in [2.75, 3.05) is 33.9 Å². The van der Waals surface area contributed by atoms with E-state index < -0.39 is 0 Å². The lowest BCUT2D eigenvalue weighted by Gasteiger charge is -2.18. The third-order valence-corrected chi connectivity index (χ3v) is 4.17. The summed E-state index contributed by atoms with van der Waals surface area (Å²) >= 11 is 9.78. The Morgan fingerprint density at radius 2 is 2.19 bits per heavy atom. The molecule has 116 valence electrons. The number of methoxy groups -OCH3 is 1. The molecule has 0 radical (unpaired) electrons. The maximum Gasteiger partial charge on any atom is 0.127 e. The van der Waals surface area contributed by atoms with Crippen LogP contribution in [-0.4, -0.2) is 48.3 Å². The van der Waals surface area contributed by atoms with Gasteiger partial charge in [0.15, 0.2) is 0 Å². The van der Waals surface area contributed by atoms with E-state index in [2.05, 4.69) is 43.5 Å². The van der Waals surface area contributed by atoms with Gasteiger partial charge in [0, 0.05) is 31.2 Å². The van der Waals surface area contributed by atoms with Gasteiger partial charge < -0.3 is 14.2 Å². The fourth-order valence-electron chi connectivity index (χ4n) is 2.29. The standard InChI is InChI=1S/C15H21BrClN3O/c1-11(17)15-18-13-10-12(16)4-5-14(13)20(15)7-6-19(2)8-9-21-3/h4-5,10-11H,6-9H2,1-3H3. The van der Waals surface area contributed by atoms with Gasteiger partial charge in [0.25, 0.3) is 0 Å². The zero-order valence-corrected chi connectivity index (χ0v) is 15.0. The second-order valence-corrected chi connectivity index (χ2v) is 6.74. The van der Waals surface area contributed by atoms with Crippen molar-refractivity contribution in [3.8, 4) is 0 Å². The van der Waals surface area contributed by atoms with Crippen LogP contribution in [0.2, 0.25) is 0 Å². The average molecular weight is 375 g/mol. The molecule has 0 amide bonds. The third kappa shape index (κ3) is 4.19. The summed E-state index contributed by atoms with van der Waals surface area (Å²) in [6, 6.07) is 6.16.